The van der Waals surface area contributed by atoms with E-state index in [1.165, 1.54) is 12.3 Å². The quantitative estimate of drug-likeness (QED) is 0.258. The number of pyridine rings is 1. The number of ether oxygens (including phenoxy) is 1. The summed E-state index contributed by atoms with van der Waals surface area (Å²) in [6.07, 6.45) is 4.73. The minimum absolute atomic E-state index is 0.0400. The lowest BCUT2D eigenvalue weighted by Crippen LogP contribution is -2.47. The molecule has 3 aromatic rings. The smallest absolute Gasteiger partial charge is 0.238 e. The van der Waals surface area contributed by atoms with Crippen LogP contribution in [0.4, 0.5) is 13.2 Å². The van der Waals surface area contributed by atoms with Crippen LogP contribution in [0.3, 0.4) is 0 Å². The van der Waals surface area contributed by atoms with E-state index in [9.17, 15) is 18.0 Å². The minimum atomic E-state index is -1.00. The van der Waals surface area contributed by atoms with Crippen molar-refractivity contribution in [3.8, 4) is 16.9 Å². The van der Waals surface area contributed by atoms with Gasteiger partial charge in [0.15, 0.2) is 0 Å². The van der Waals surface area contributed by atoms with Gasteiger partial charge < -0.3 is 15.0 Å². The number of halogens is 4. The normalized spacial score (nSPS) is 22.4. The number of hydrogen-bond acceptors (Lipinski definition) is 5. The van der Waals surface area contributed by atoms with Crippen molar-refractivity contribution in [3.63, 3.8) is 0 Å². The summed E-state index contributed by atoms with van der Waals surface area (Å²) in [7, 11) is 3.48. The van der Waals surface area contributed by atoms with Gasteiger partial charge in [-0.1, -0.05) is 6.07 Å². The maximum atomic E-state index is 14.6. The number of hydrogen-bond donors (Lipinski definition) is 1. The highest BCUT2D eigenvalue weighted by Crippen LogP contribution is 2.51. The Kier molecular flexibility index (Phi) is 8.40. The van der Waals surface area contributed by atoms with Crippen LogP contribution in [0.1, 0.15) is 42.2 Å². The highest BCUT2D eigenvalue weighted by molar-refractivity contribution is 8.01. The zero-order chi connectivity index (χ0) is 27.7. The molecular weight excluding hydrogens is 547 g/mol. The summed E-state index contributed by atoms with van der Waals surface area (Å²) >= 11 is 7.62. The zero-order valence-corrected chi connectivity index (χ0v) is 23.2. The minimum Gasteiger partial charge on any atom is -0.496 e. The van der Waals surface area contributed by atoms with Crippen LogP contribution in [0.2, 0.25) is 0 Å². The van der Waals surface area contributed by atoms with Crippen molar-refractivity contribution in [2.75, 3.05) is 14.2 Å². The standard InChI is InChI=1S/C29H29ClF3N3O2S/c1-34-19-4-6-20(7-5-19)36(29(37)28-26(30)25-21(31)8-9-22(32)27(25)39-28)15-18-13-16(3-10-23(18)38-2)17-11-12-35-24(33)14-17/h3,8-14,19-20,26,28,34H,4-7,15H2,1-2H3. The molecule has 1 amide bonds. The maximum Gasteiger partial charge on any atom is 0.238 e. The molecule has 1 N–H and O–H groups in total. The van der Waals surface area contributed by atoms with E-state index in [0.717, 1.165) is 60.7 Å². The Morgan fingerprint density at radius 1 is 1.08 bits per heavy atom. The fraction of sp³-hybridized carbons (Fsp3) is 0.379. The van der Waals surface area contributed by atoms with Gasteiger partial charge >= 0.3 is 0 Å². The van der Waals surface area contributed by atoms with Crippen molar-refractivity contribution in [1.29, 1.82) is 0 Å². The third-order valence-electron chi connectivity index (χ3n) is 7.63. The first-order chi connectivity index (χ1) is 18.8. The van der Waals surface area contributed by atoms with Crippen LogP contribution in [0.25, 0.3) is 11.1 Å². The topological polar surface area (TPSA) is 54.5 Å². The van der Waals surface area contributed by atoms with E-state index >= 15 is 0 Å². The molecule has 0 saturated heterocycles. The number of fused-ring (bicyclic) bond motifs is 1. The predicted molar refractivity (Wildman–Crippen MR) is 146 cm³/mol. The van der Waals surface area contributed by atoms with Gasteiger partial charge in [-0.2, -0.15) is 4.39 Å². The molecule has 2 unspecified atom stereocenters. The molecule has 1 saturated carbocycles. The third kappa shape index (κ3) is 5.62. The summed E-state index contributed by atoms with van der Waals surface area (Å²) in [6, 6.07) is 10.9. The molecule has 2 aliphatic rings. The SMILES string of the molecule is CNC1CCC(N(Cc2cc(-c3ccnc(F)c3)ccc2OC)C(=O)C2Sc3c(F)ccc(F)c3C2Cl)CC1. The van der Waals surface area contributed by atoms with Gasteiger partial charge in [-0.25, -0.2) is 13.8 Å². The lowest BCUT2D eigenvalue weighted by molar-refractivity contribution is -0.134. The van der Waals surface area contributed by atoms with Crippen LogP contribution < -0.4 is 10.1 Å². The monoisotopic (exact) mass is 575 g/mol. The molecule has 2 heterocycles. The second-order valence-corrected chi connectivity index (χ2v) is 11.5. The first-order valence-corrected chi connectivity index (χ1v) is 14.2. The number of methoxy groups -OCH3 is 1. The molecule has 0 spiro atoms. The lowest BCUT2D eigenvalue weighted by atomic mass is 9.89. The number of benzene rings is 2. The Labute approximate surface area is 235 Å². The van der Waals surface area contributed by atoms with E-state index < -0.39 is 28.2 Å². The van der Waals surface area contributed by atoms with Crippen molar-refractivity contribution >= 4 is 29.3 Å². The molecular formula is C29H29ClF3N3O2S. The first-order valence-electron chi connectivity index (χ1n) is 12.9. The molecule has 1 aliphatic carbocycles. The zero-order valence-electron chi connectivity index (χ0n) is 21.6. The van der Waals surface area contributed by atoms with Crippen LogP contribution in [0.15, 0.2) is 53.6 Å². The van der Waals surface area contributed by atoms with Gasteiger partial charge in [-0.05, 0) is 74.2 Å². The molecule has 2 atom stereocenters. The molecule has 1 fully saturated rings. The molecule has 2 aromatic carbocycles. The van der Waals surface area contributed by atoms with Crippen molar-refractivity contribution in [2.24, 2.45) is 0 Å². The number of aromatic nitrogens is 1. The maximum absolute atomic E-state index is 14.6. The molecule has 1 aromatic heterocycles. The average Bonchev–Trinajstić information content (AvgIpc) is 3.31. The molecule has 0 radical (unpaired) electrons. The summed E-state index contributed by atoms with van der Waals surface area (Å²) in [5, 5.41) is 1.43. The van der Waals surface area contributed by atoms with Gasteiger partial charge in [-0.15, -0.1) is 23.4 Å². The van der Waals surface area contributed by atoms with Crippen molar-refractivity contribution in [1.82, 2.24) is 15.2 Å². The number of nitrogens with zero attached hydrogens (tertiary/aromatic N) is 2. The van der Waals surface area contributed by atoms with E-state index in [-0.39, 0.29) is 29.0 Å². The number of nitrogens with one attached hydrogen (secondary N) is 1. The van der Waals surface area contributed by atoms with Gasteiger partial charge in [0.05, 0.1) is 17.4 Å². The Hall–Kier alpha value is -2.75. The van der Waals surface area contributed by atoms with Crippen LogP contribution in [0.5, 0.6) is 5.75 Å². The average molecular weight is 576 g/mol. The summed E-state index contributed by atoms with van der Waals surface area (Å²) in [4.78, 5) is 19.7. The van der Waals surface area contributed by atoms with Crippen molar-refractivity contribution in [2.45, 2.75) is 59.8 Å². The number of rotatable bonds is 7. The van der Waals surface area contributed by atoms with Gasteiger partial charge in [0, 0.05) is 42.0 Å². The number of amides is 1. The van der Waals surface area contributed by atoms with E-state index in [0.29, 0.717) is 17.4 Å². The summed E-state index contributed by atoms with van der Waals surface area (Å²) < 4.78 is 48.7. The summed E-state index contributed by atoms with van der Waals surface area (Å²) in [5.74, 6) is -1.48. The van der Waals surface area contributed by atoms with Crippen LogP contribution >= 0.6 is 23.4 Å². The number of alkyl halides is 1. The van der Waals surface area contributed by atoms with Crippen molar-refractivity contribution in [3.05, 3.63) is 77.4 Å². The number of carbonyl (C=O) groups excluding carboxylic acids is 1. The summed E-state index contributed by atoms with van der Waals surface area (Å²) in [5.41, 5.74) is 2.17. The summed E-state index contributed by atoms with van der Waals surface area (Å²) in [6.45, 7) is 0.209. The number of carbonyl (C=O) groups is 1. The Bertz CT molecular complexity index is 1370. The fourth-order valence-electron chi connectivity index (χ4n) is 5.51. The highest BCUT2D eigenvalue weighted by atomic mass is 35.5. The molecule has 5 nitrogen and oxygen atoms in total. The molecule has 10 heteroatoms. The largest absolute Gasteiger partial charge is 0.496 e. The Morgan fingerprint density at radius 2 is 1.79 bits per heavy atom. The van der Waals surface area contributed by atoms with E-state index in [1.54, 1.807) is 24.1 Å². The molecule has 1 aliphatic heterocycles. The van der Waals surface area contributed by atoms with Gasteiger partial charge in [0.25, 0.3) is 0 Å². The van der Waals surface area contributed by atoms with E-state index in [1.807, 2.05) is 19.2 Å². The van der Waals surface area contributed by atoms with E-state index in [4.69, 9.17) is 16.3 Å². The molecule has 39 heavy (non-hydrogen) atoms. The second-order valence-electron chi connectivity index (χ2n) is 9.87. The van der Waals surface area contributed by atoms with Crippen molar-refractivity contribution < 1.29 is 22.7 Å². The fourth-order valence-corrected chi connectivity index (χ4v) is 7.33. The van der Waals surface area contributed by atoms with Gasteiger partial charge in [-0.3, -0.25) is 4.79 Å². The lowest BCUT2D eigenvalue weighted by Gasteiger charge is -2.38. The Balaban J connectivity index is 1.49. The van der Waals surface area contributed by atoms with Crippen LogP contribution in [-0.4, -0.2) is 47.3 Å². The molecule has 206 valence electrons. The predicted octanol–water partition coefficient (Wildman–Crippen LogP) is 6.49. The van der Waals surface area contributed by atoms with E-state index in [2.05, 4.69) is 10.3 Å². The van der Waals surface area contributed by atoms with Crippen LogP contribution in [-0.2, 0) is 11.3 Å². The third-order valence-corrected chi connectivity index (χ3v) is 9.63. The highest BCUT2D eigenvalue weighted by Gasteiger charge is 2.44. The second kappa shape index (κ2) is 11.8. The van der Waals surface area contributed by atoms with Crippen LogP contribution in [0, 0.1) is 17.6 Å². The molecule has 0 bridgehead atoms. The number of thioether (sulfide) groups is 1. The first kappa shape index (κ1) is 27.8. The Morgan fingerprint density at radius 3 is 2.46 bits per heavy atom. The molecule has 5 rings (SSSR count). The van der Waals surface area contributed by atoms with Gasteiger partial charge in [0.2, 0.25) is 11.9 Å². The van der Waals surface area contributed by atoms with Gasteiger partial charge in [0.1, 0.15) is 22.6 Å².